The summed E-state index contributed by atoms with van der Waals surface area (Å²) in [6.07, 6.45) is 1.13. The highest BCUT2D eigenvalue weighted by Gasteiger charge is 2.42. The van der Waals surface area contributed by atoms with E-state index in [4.69, 9.17) is 4.52 Å². The van der Waals surface area contributed by atoms with E-state index in [-0.39, 0.29) is 34.9 Å². The Morgan fingerprint density at radius 3 is 2.58 bits per heavy atom. The van der Waals surface area contributed by atoms with E-state index in [1.54, 1.807) is 6.07 Å². The zero-order valence-electron chi connectivity index (χ0n) is 20.4. The molecule has 2 aliphatic heterocycles. The van der Waals surface area contributed by atoms with Crippen molar-refractivity contribution in [2.24, 2.45) is 0 Å². The topological polar surface area (TPSA) is 123 Å². The lowest BCUT2D eigenvalue weighted by atomic mass is 9.93. The van der Waals surface area contributed by atoms with Crippen LogP contribution < -0.4 is 5.32 Å². The smallest absolute Gasteiger partial charge is 0.273 e. The number of hydrogen-bond acceptors (Lipinski definition) is 8. The number of phenols is 2. The summed E-state index contributed by atoms with van der Waals surface area (Å²) >= 11 is 1.99. The molecule has 3 N–H and O–H groups in total. The van der Waals surface area contributed by atoms with Gasteiger partial charge in [-0.25, -0.2) is 0 Å². The molecule has 0 aliphatic carbocycles. The van der Waals surface area contributed by atoms with Gasteiger partial charge in [-0.2, -0.15) is 17.0 Å². The monoisotopic (exact) mass is 504 g/mol. The fourth-order valence-electron chi connectivity index (χ4n) is 5.17. The zero-order valence-corrected chi connectivity index (χ0v) is 21.2. The number of fused-ring (bicyclic) bond motifs is 2. The second kappa shape index (κ2) is 9.52. The first-order chi connectivity index (χ1) is 17.3. The number of amides is 1. The molecule has 8 nitrogen and oxygen atoms in total. The van der Waals surface area contributed by atoms with Gasteiger partial charge in [0.25, 0.3) is 5.91 Å². The van der Waals surface area contributed by atoms with E-state index in [0.717, 1.165) is 24.3 Å². The van der Waals surface area contributed by atoms with Crippen LogP contribution in [0, 0.1) is 11.3 Å². The van der Waals surface area contributed by atoms with Crippen molar-refractivity contribution in [3.05, 3.63) is 53.2 Å². The molecule has 2 aromatic carbocycles. The predicted octanol–water partition coefficient (Wildman–Crippen LogP) is 4.66. The number of hydrogen-bond donors (Lipinski definition) is 3. The Morgan fingerprint density at radius 2 is 2.00 bits per heavy atom. The SMILES string of the molecule is CNC(=O)c1noc(-c2cc(C(C)C)c(O)cc2O)c1-c1ccc(C(C#N)N2CC3CC2CS3)cc1. The Hall–Kier alpha value is -3.48. The van der Waals surface area contributed by atoms with E-state index in [2.05, 4.69) is 21.4 Å². The summed E-state index contributed by atoms with van der Waals surface area (Å²) in [4.78, 5) is 14.9. The molecule has 2 fully saturated rings. The number of carbonyl (C=O) groups is 1. The number of likely N-dealkylation sites (tertiary alicyclic amines) is 1. The molecule has 0 saturated carbocycles. The summed E-state index contributed by atoms with van der Waals surface area (Å²) in [5.41, 5.74) is 3.05. The van der Waals surface area contributed by atoms with Crippen LogP contribution in [0.25, 0.3) is 22.5 Å². The lowest BCUT2D eigenvalue weighted by Crippen LogP contribution is -2.36. The van der Waals surface area contributed by atoms with Gasteiger partial charge in [0, 0.05) is 36.7 Å². The molecular weight excluding hydrogens is 476 g/mol. The van der Waals surface area contributed by atoms with Crippen LogP contribution in [-0.2, 0) is 0 Å². The van der Waals surface area contributed by atoms with Gasteiger partial charge in [0.2, 0.25) is 0 Å². The van der Waals surface area contributed by atoms with Crippen molar-refractivity contribution >= 4 is 17.7 Å². The van der Waals surface area contributed by atoms with E-state index >= 15 is 0 Å². The van der Waals surface area contributed by atoms with Crippen LogP contribution in [0.1, 0.15) is 53.8 Å². The standard InChI is InChI=1S/C27H28N4O4S/c1-14(2)19-9-20(23(33)10-22(19)32)26-24(25(30-35-26)27(34)29-3)16-6-4-15(5-7-16)21(11-28)31-12-18-8-17(31)13-36-18/h4-7,9-10,14,17-18,21,32-33H,8,12-13H2,1-3H3,(H,29,34). The van der Waals surface area contributed by atoms with Crippen molar-refractivity contribution in [2.45, 2.75) is 43.5 Å². The third-order valence-electron chi connectivity index (χ3n) is 7.06. The van der Waals surface area contributed by atoms with Gasteiger partial charge in [0.15, 0.2) is 11.5 Å². The van der Waals surface area contributed by atoms with E-state index in [0.29, 0.717) is 33.5 Å². The zero-order chi connectivity index (χ0) is 25.6. The van der Waals surface area contributed by atoms with Crippen LogP contribution in [-0.4, -0.2) is 56.8 Å². The first-order valence-electron chi connectivity index (χ1n) is 12.0. The first-order valence-corrected chi connectivity index (χ1v) is 13.0. The van der Waals surface area contributed by atoms with Gasteiger partial charge in [-0.05, 0) is 35.1 Å². The van der Waals surface area contributed by atoms with Crippen molar-refractivity contribution in [2.75, 3.05) is 19.3 Å². The van der Waals surface area contributed by atoms with Gasteiger partial charge < -0.3 is 20.1 Å². The Labute approximate surface area is 213 Å². The molecule has 36 heavy (non-hydrogen) atoms. The van der Waals surface area contributed by atoms with Crippen molar-refractivity contribution < 1.29 is 19.5 Å². The maximum Gasteiger partial charge on any atom is 0.273 e. The van der Waals surface area contributed by atoms with Gasteiger partial charge in [-0.1, -0.05) is 43.3 Å². The minimum atomic E-state index is -0.424. The van der Waals surface area contributed by atoms with E-state index in [1.807, 2.05) is 49.9 Å². The van der Waals surface area contributed by atoms with Crippen LogP contribution in [0.4, 0.5) is 0 Å². The molecule has 0 spiro atoms. The molecule has 9 heteroatoms. The second-order valence-electron chi connectivity index (χ2n) is 9.59. The van der Waals surface area contributed by atoms with E-state index in [1.165, 1.54) is 13.1 Å². The minimum Gasteiger partial charge on any atom is -0.508 e. The molecule has 2 saturated heterocycles. The summed E-state index contributed by atoms with van der Waals surface area (Å²) in [7, 11) is 1.51. The van der Waals surface area contributed by atoms with Crippen molar-refractivity contribution in [3.8, 4) is 40.0 Å². The molecule has 3 aromatic rings. The molecule has 3 unspecified atom stereocenters. The van der Waals surface area contributed by atoms with E-state index < -0.39 is 5.91 Å². The van der Waals surface area contributed by atoms with E-state index in [9.17, 15) is 20.3 Å². The second-order valence-corrected chi connectivity index (χ2v) is 10.9. The molecule has 1 aromatic heterocycles. The average molecular weight is 505 g/mol. The van der Waals surface area contributed by atoms with Gasteiger partial charge in [0.05, 0.1) is 17.2 Å². The number of nitrogens with one attached hydrogen (secondary N) is 1. The molecule has 186 valence electrons. The molecule has 3 atom stereocenters. The maximum absolute atomic E-state index is 12.6. The van der Waals surface area contributed by atoms with Crippen molar-refractivity contribution in [1.29, 1.82) is 5.26 Å². The summed E-state index contributed by atoms with van der Waals surface area (Å²) in [6.45, 7) is 4.79. The molecular formula is C27H28N4O4S. The van der Waals surface area contributed by atoms with Gasteiger partial charge in [0.1, 0.15) is 17.5 Å². The van der Waals surface area contributed by atoms with Crippen LogP contribution in [0.15, 0.2) is 40.9 Å². The summed E-state index contributed by atoms with van der Waals surface area (Å²) in [5.74, 6) is 0.671. The van der Waals surface area contributed by atoms with Crippen LogP contribution in [0.5, 0.6) is 11.5 Å². The molecule has 2 aliphatic rings. The highest BCUT2D eigenvalue weighted by molar-refractivity contribution is 8.00. The Balaban J connectivity index is 1.57. The van der Waals surface area contributed by atoms with Crippen LogP contribution in [0.3, 0.4) is 0 Å². The van der Waals surface area contributed by atoms with Gasteiger partial charge >= 0.3 is 0 Å². The third-order valence-corrected chi connectivity index (χ3v) is 8.45. The molecule has 3 heterocycles. The number of benzene rings is 2. The number of phenolic OH excluding ortho intramolecular Hbond substituents is 2. The quantitative estimate of drug-likeness (QED) is 0.443. The number of rotatable bonds is 6. The Kier molecular flexibility index (Phi) is 6.41. The summed E-state index contributed by atoms with van der Waals surface area (Å²) < 4.78 is 5.61. The van der Waals surface area contributed by atoms with Crippen molar-refractivity contribution in [1.82, 2.24) is 15.4 Å². The summed E-state index contributed by atoms with van der Waals surface area (Å²) in [6, 6.07) is 13.0. The van der Waals surface area contributed by atoms with Crippen LogP contribution in [0.2, 0.25) is 0 Å². The normalized spacial score (nSPS) is 20.0. The Morgan fingerprint density at radius 1 is 1.25 bits per heavy atom. The minimum absolute atomic E-state index is 0.00409. The fourth-order valence-corrected chi connectivity index (χ4v) is 6.63. The molecule has 2 bridgehead atoms. The lowest BCUT2D eigenvalue weighted by molar-refractivity contribution is 0.0954. The molecule has 0 radical (unpaired) electrons. The third kappa shape index (κ3) is 4.10. The Bertz CT molecular complexity index is 1350. The number of aromatic hydroxyl groups is 2. The number of nitrogens with zero attached hydrogens (tertiary/aromatic N) is 3. The highest BCUT2D eigenvalue weighted by atomic mass is 32.2. The number of thioether (sulfide) groups is 1. The number of aromatic nitrogens is 1. The molecule has 1 amide bonds. The largest absolute Gasteiger partial charge is 0.508 e. The first kappa shape index (κ1) is 24.2. The fraction of sp³-hybridized carbons (Fsp3) is 0.370. The number of nitriles is 1. The van der Waals surface area contributed by atoms with Gasteiger partial charge in [-0.15, -0.1) is 0 Å². The van der Waals surface area contributed by atoms with Crippen molar-refractivity contribution in [3.63, 3.8) is 0 Å². The number of carbonyl (C=O) groups excluding carboxylic acids is 1. The van der Waals surface area contributed by atoms with Crippen LogP contribution >= 0.6 is 11.8 Å². The molecule has 5 rings (SSSR count). The highest BCUT2D eigenvalue weighted by Crippen LogP contribution is 2.44. The average Bonchev–Trinajstić information content (AvgIpc) is 3.61. The lowest BCUT2D eigenvalue weighted by Gasteiger charge is -2.30. The van der Waals surface area contributed by atoms with Gasteiger partial charge in [-0.3, -0.25) is 9.69 Å². The predicted molar refractivity (Wildman–Crippen MR) is 138 cm³/mol. The maximum atomic E-state index is 12.6. The summed E-state index contributed by atoms with van der Waals surface area (Å²) in [5, 5.41) is 38.1.